The topological polar surface area (TPSA) is 43.9 Å². The summed E-state index contributed by atoms with van der Waals surface area (Å²) in [6, 6.07) is 15.6. The van der Waals surface area contributed by atoms with Gasteiger partial charge >= 0.3 is 0 Å². The normalized spacial score (nSPS) is 18.1. The molecule has 2 heterocycles. The van der Waals surface area contributed by atoms with Gasteiger partial charge in [-0.3, -0.25) is 14.5 Å². The molecule has 2 aliphatic heterocycles. The Morgan fingerprint density at radius 1 is 0.893 bits per heavy atom. The van der Waals surface area contributed by atoms with Crippen molar-refractivity contribution in [2.75, 3.05) is 39.3 Å². The van der Waals surface area contributed by atoms with Crippen LogP contribution in [0.3, 0.4) is 0 Å². The van der Waals surface area contributed by atoms with Crippen LogP contribution in [0.15, 0.2) is 53.0 Å². The minimum Gasteiger partial charge on any atom is -0.336 e. The first kappa shape index (κ1) is 19.2. The average molecular weight is 442 g/mol. The maximum absolute atomic E-state index is 12.7. The first-order chi connectivity index (χ1) is 13.5. The van der Waals surface area contributed by atoms with Gasteiger partial charge in [0.05, 0.1) is 0 Å². The maximum Gasteiger partial charge on any atom is 0.254 e. The SMILES string of the molecule is Cc1cc(Br)ccc1C(=O)N1CC(N2CCN(C(=O)c3ccccc3)CC2)C1. The second-order valence-corrected chi connectivity index (χ2v) is 8.43. The molecule has 2 aromatic rings. The van der Waals surface area contributed by atoms with Crippen LogP contribution in [-0.2, 0) is 0 Å². The summed E-state index contributed by atoms with van der Waals surface area (Å²) in [5.41, 5.74) is 2.53. The summed E-state index contributed by atoms with van der Waals surface area (Å²) < 4.78 is 0.992. The van der Waals surface area contributed by atoms with Gasteiger partial charge in [-0.2, -0.15) is 0 Å². The van der Waals surface area contributed by atoms with Crippen LogP contribution in [0, 0.1) is 6.92 Å². The molecular formula is C22H24BrN3O2. The molecule has 6 heteroatoms. The van der Waals surface area contributed by atoms with Crippen molar-refractivity contribution in [3.8, 4) is 0 Å². The van der Waals surface area contributed by atoms with Gasteiger partial charge in [-0.15, -0.1) is 0 Å². The highest BCUT2D eigenvalue weighted by Crippen LogP contribution is 2.23. The Kier molecular flexibility index (Phi) is 5.51. The highest BCUT2D eigenvalue weighted by molar-refractivity contribution is 9.10. The first-order valence-corrected chi connectivity index (χ1v) is 10.5. The number of halogens is 1. The molecule has 2 saturated heterocycles. The highest BCUT2D eigenvalue weighted by Gasteiger charge is 2.37. The number of aryl methyl sites for hydroxylation is 1. The molecule has 0 aliphatic carbocycles. The summed E-state index contributed by atoms with van der Waals surface area (Å²) in [7, 11) is 0. The van der Waals surface area contributed by atoms with Crippen LogP contribution in [0.5, 0.6) is 0 Å². The zero-order valence-electron chi connectivity index (χ0n) is 16.0. The lowest BCUT2D eigenvalue weighted by atomic mass is 10.0. The second kappa shape index (κ2) is 8.05. The van der Waals surface area contributed by atoms with Crippen LogP contribution in [0.25, 0.3) is 0 Å². The molecule has 0 atom stereocenters. The number of nitrogens with zero attached hydrogens (tertiary/aromatic N) is 3. The molecule has 2 amide bonds. The van der Waals surface area contributed by atoms with Gasteiger partial charge in [0.1, 0.15) is 0 Å². The van der Waals surface area contributed by atoms with E-state index in [-0.39, 0.29) is 11.8 Å². The zero-order chi connectivity index (χ0) is 19.7. The average Bonchev–Trinajstić information content (AvgIpc) is 2.67. The molecule has 0 aromatic heterocycles. The lowest BCUT2D eigenvalue weighted by Gasteiger charge is -2.48. The van der Waals surface area contributed by atoms with Crippen LogP contribution < -0.4 is 0 Å². The van der Waals surface area contributed by atoms with E-state index in [2.05, 4.69) is 20.8 Å². The van der Waals surface area contributed by atoms with Crippen molar-refractivity contribution < 1.29 is 9.59 Å². The molecule has 2 fully saturated rings. The fourth-order valence-corrected chi connectivity index (χ4v) is 4.42. The number of benzene rings is 2. The summed E-state index contributed by atoms with van der Waals surface area (Å²) in [5.74, 6) is 0.218. The van der Waals surface area contributed by atoms with Gasteiger partial charge < -0.3 is 9.80 Å². The van der Waals surface area contributed by atoms with Crippen LogP contribution in [0.1, 0.15) is 26.3 Å². The van der Waals surface area contributed by atoms with Crippen molar-refractivity contribution in [2.45, 2.75) is 13.0 Å². The molecule has 5 nitrogen and oxygen atoms in total. The molecule has 2 aliphatic rings. The van der Waals surface area contributed by atoms with Crippen molar-refractivity contribution in [1.82, 2.24) is 14.7 Å². The number of hydrogen-bond acceptors (Lipinski definition) is 3. The van der Waals surface area contributed by atoms with E-state index in [0.717, 1.165) is 60.4 Å². The Morgan fingerprint density at radius 2 is 1.57 bits per heavy atom. The van der Waals surface area contributed by atoms with Crippen molar-refractivity contribution in [1.29, 1.82) is 0 Å². The van der Waals surface area contributed by atoms with Crippen molar-refractivity contribution in [3.63, 3.8) is 0 Å². The molecule has 0 saturated carbocycles. The third-order valence-corrected chi connectivity index (χ3v) is 6.20. The first-order valence-electron chi connectivity index (χ1n) is 9.67. The molecule has 146 valence electrons. The Bertz CT molecular complexity index is 873. The standard InChI is InChI=1S/C22H24BrN3O2/c1-16-13-18(23)7-8-20(16)22(28)26-14-19(15-26)24-9-11-25(12-10-24)21(27)17-5-3-2-4-6-17/h2-8,13,19H,9-12,14-15H2,1H3. The van der Waals surface area contributed by atoms with Gasteiger partial charge in [-0.05, 0) is 42.8 Å². The molecule has 0 bridgehead atoms. The molecule has 4 rings (SSSR count). The summed E-state index contributed by atoms with van der Waals surface area (Å²) in [6.07, 6.45) is 0. The van der Waals surface area contributed by atoms with Crippen LogP contribution in [0.4, 0.5) is 0 Å². The molecule has 0 spiro atoms. The molecule has 28 heavy (non-hydrogen) atoms. The second-order valence-electron chi connectivity index (χ2n) is 7.52. The van der Waals surface area contributed by atoms with Crippen molar-refractivity contribution in [2.24, 2.45) is 0 Å². The Hall–Kier alpha value is -2.18. The number of amides is 2. The van der Waals surface area contributed by atoms with Gasteiger partial charge in [0, 0.05) is 60.9 Å². The van der Waals surface area contributed by atoms with E-state index in [0.29, 0.717) is 6.04 Å². The van der Waals surface area contributed by atoms with E-state index in [1.54, 1.807) is 0 Å². The lowest BCUT2D eigenvalue weighted by Crippen LogP contribution is -2.64. The van der Waals surface area contributed by atoms with E-state index in [1.165, 1.54) is 0 Å². The van der Waals surface area contributed by atoms with Crippen molar-refractivity contribution >= 4 is 27.7 Å². The Labute approximate surface area is 174 Å². The monoisotopic (exact) mass is 441 g/mol. The van der Waals surface area contributed by atoms with Gasteiger partial charge in [0.2, 0.25) is 0 Å². The third kappa shape index (κ3) is 3.84. The largest absolute Gasteiger partial charge is 0.336 e. The third-order valence-electron chi connectivity index (χ3n) is 5.71. The number of carbonyl (C=O) groups excluding carboxylic acids is 2. The number of carbonyl (C=O) groups is 2. The van der Waals surface area contributed by atoms with Crippen LogP contribution >= 0.6 is 15.9 Å². The summed E-state index contributed by atoms with van der Waals surface area (Å²) in [6.45, 7) is 6.71. The van der Waals surface area contributed by atoms with E-state index >= 15 is 0 Å². The number of likely N-dealkylation sites (tertiary alicyclic amines) is 1. The van der Waals surface area contributed by atoms with E-state index in [4.69, 9.17) is 0 Å². The number of piperazine rings is 1. The van der Waals surface area contributed by atoms with Gasteiger partial charge in [-0.25, -0.2) is 0 Å². The predicted octanol–water partition coefficient (Wildman–Crippen LogP) is 3.04. The minimum absolute atomic E-state index is 0.108. The fourth-order valence-electron chi connectivity index (χ4n) is 3.94. The van der Waals surface area contributed by atoms with E-state index in [9.17, 15) is 9.59 Å². The molecule has 0 unspecified atom stereocenters. The Morgan fingerprint density at radius 3 is 2.21 bits per heavy atom. The lowest BCUT2D eigenvalue weighted by molar-refractivity contribution is 0.00850. The van der Waals surface area contributed by atoms with E-state index in [1.807, 2.05) is 65.3 Å². The summed E-state index contributed by atoms with van der Waals surface area (Å²) >= 11 is 3.45. The zero-order valence-corrected chi connectivity index (χ0v) is 17.6. The predicted molar refractivity (Wildman–Crippen MR) is 112 cm³/mol. The van der Waals surface area contributed by atoms with Gasteiger partial charge in [0.25, 0.3) is 11.8 Å². The molecule has 0 N–H and O–H groups in total. The smallest absolute Gasteiger partial charge is 0.254 e. The molecule has 0 radical (unpaired) electrons. The molecular weight excluding hydrogens is 418 g/mol. The van der Waals surface area contributed by atoms with Crippen molar-refractivity contribution in [3.05, 3.63) is 69.7 Å². The molecule has 2 aromatic carbocycles. The summed E-state index contributed by atoms with van der Waals surface area (Å²) in [5, 5.41) is 0. The Balaban J connectivity index is 1.28. The number of hydrogen-bond donors (Lipinski definition) is 0. The summed E-state index contributed by atoms with van der Waals surface area (Å²) in [4.78, 5) is 31.5. The van der Waals surface area contributed by atoms with Gasteiger partial charge in [0.15, 0.2) is 0 Å². The van der Waals surface area contributed by atoms with Gasteiger partial charge in [-0.1, -0.05) is 34.1 Å². The van der Waals surface area contributed by atoms with E-state index < -0.39 is 0 Å². The maximum atomic E-state index is 12.7. The fraction of sp³-hybridized carbons (Fsp3) is 0.364. The number of rotatable bonds is 3. The quantitative estimate of drug-likeness (QED) is 0.734. The highest BCUT2D eigenvalue weighted by atomic mass is 79.9. The van der Waals surface area contributed by atoms with Crippen LogP contribution in [0.2, 0.25) is 0 Å². The van der Waals surface area contributed by atoms with Crippen LogP contribution in [-0.4, -0.2) is 71.8 Å². The minimum atomic E-state index is 0.108.